The summed E-state index contributed by atoms with van der Waals surface area (Å²) in [6.45, 7) is 5.37. The zero-order valence-electron chi connectivity index (χ0n) is 16.4. The van der Waals surface area contributed by atoms with Crippen LogP contribution in [0.5, 0.6) is 5.75 Å². The molecule has 0 N–H and O–H groups in total. The highest BCUT2D eigenvalue weighted by molar-refractivity contribution is 5.83. The summed E-state index contributed by atoms with van der Waals surface area (Å²) in [5.41, 5.74) is 0.322. The van der Waals surface area contributed by atoms with Crippen molar-refractivity contribution in [3.05, 3.63) is 56.6 Å². The summed E-state index contributed by atoms with van der Waals surface area (Å²) in [6, 6.07) is 5.59. The van der Waals surface area contributed by atoms with E-state index in [2.05, 4.69) is 0 Å². The Hall–Kier alpha value is -2.57. The predicted molar refractivity (Wildman–Crippen MR) is 103 cm³/mol. The quantitative estimate of drug-likeness (QED) is 0.397. The summed E-state index contributed by atoms with van der Waals surface area (Å²) < 4.78 is 46.6. The first-order valence-electron chi connectivity index (χ1n) is 9.20. The minimum atomic E-state index is -4.67. The number of nitro groups is 1. The van der Waals surface area contributed by atoms with Crippen LogP contribution in [0.25, 0.3) is 11.1 Å². The van der Waals surface area contributed by atoms with E-state index in [1.54, 1.807) is 6.07 Å². The molecule has 0 aliphatic heterocycles. The summed E-state index contributed by atoms with van der Waals surface area (Å²) in [6.07, 6.45) is -2.14. The van der Waals surface area contributed by atoms with Gasteiger partial charge in [-0.15, -0.1) is 0 Å². The van der Waals surface area contributed by atoms with E-state index >= 15 is 0 Å². The SMILES string of the molecule is CCCc1cc(CCC)c(-c2c(C)cc(OC)cc2C(F)(F)F)c([N+](=O)[O-])c1. The lowest BCUT2D eigenvalue weighted by Crippen LogP contribution is -2.11. The molecule has 28 heavy (non-hydrogen) atoms. The van der Waals surface area contributed by atoms with Crippen molar-refractivity contribution in [2.75, 3.05) is 7.11 Å². The molecule has 0 bridgehead atoms. The normalized spacial score (nSPS) is 11.5. The second-order valence-corrected chi connectivity index (χ2v) is 6.77. The molecule has 0 radical (unpaired) electrons. The molecule has 0 heterocycles. The molecule has 0 saturated heterocycles. The Bertz CT molecular complexity index is 876. The van der Waals surface area contributed by atoms with Crippen molar-refractivity contribution < 1.29 is 22.8 Å². The fourth-order valence-electron chi connectivity index (χ4n) is 3.51. The summed E-state index contributed by atoms with van der Waals surface area (Å²) in [4.78, 5) is 11.2. The molecule has 0 fully saturated rings. The van der Waals surface area contributed by atoms with Gasteiger partial charge in [0.2, 0.25) is 0 Å². The molecular formula is C21H24F3NO3. The molecular weight excluding hydrogens is 371 g/mol. The van der Waals surface area contributed by atoms with Gasteiger partial charge in [0.05, 0.1) is 23.2 Å². The van der Waals surface area contributed by atoms with Gasteiger partial charge >= 0.3 is 6.18 Å². The number of alkyl halides is 3. The van der Waals surface area contributed by atoms with Gasteiger partial charge in [-0.25, -0.2) is 0 Å². The average molecular weight is 395 g/mol. The summed E-state index contributed by atoms with van der Waals surface area (Å²) in [7, 11) is 1.29. The van der Waals surface area contributed by atoms with Gasteiger partial charge in [-0.2, -0.15) is 13.2 Å². The Morgan fingerprint density at radius 3 is 2.18 bits per heavy atom. The fourth-order valence-corrected chi connectivity index (χ4v) is 3.51. The van der Waals surface area contributed by atoms with Gasteiger partial charge in [-0.3, -0.25) is 10.1 Å². The van der Waals surface area contributed by atoms with Crippen LogP contribution >= 0.6 is 0 Å². The number of rotatable bonds is 7. The minimum Gasteiger partial charge on any atom is -0.497 e. The van der Waals surface area contributed by atoms with E-state index < -0.39 is 16.7 Å². The van der Waals surface area contributed by atoms with Crippen LogP contribution in [0, 0.1) is 17.0 Å². The number of hydrogen-bond acceptors (Lipinski definition) is 3. The van der Waals surface area contributed by atoms with E-state index in [9.17, 15) is 23.3 Å². The van der Waals surface area contributed by atoms with Gasteiger partial charge < -0.3 is 4.74 Å². The van der Waals surface area contributed by atoms with Crippen molar-refractivity contribution in [3.63, 3.8) is 0 Å². The molecule has 0 spiro atoms. The van der Waals surface area contributed by atoms with E-state index in [4.69, 9.17) is 4.74 Å². The van der Waals surface area contributed by atoms with Crippen molar-refractivity contribution in [1.82, 2.24) is 0 Å². The van der Waals surface area contributed by atoms with E-state index in [1.807, 2.05) is 13.8 Å². The van der Waals surface area contributed by atoms with Crippen LogP contribution in [-0.4, -0.2) is 12.0 Å². The molecule has 0 amide bonds. The van der Waals surface area contributed by atoms with Crippen molar-refractivity contribution in [3.8, 4) is 16.9 Å². The maximum Gasteiger partial charge on any atom is 0.417 e. The van der Waals surface area contributed by atoms with Crippen molar-refractivity contribution in [2.45, 2.75) is 52.6 Å². The first kappa shape index (κ1) is 21.7. The molecule has 7 heteroatoms. The summed E-state index contributed by atoms with van der Waals surface area (Å²) in [5, 5.41) is 11.8. The Morgan fingerprint density at radius 1 is 1.04 bits per heavy atom. The molecule has 2 aromatic rings. The molecule has 4 nitrogen and oxygen atoms in total. The third-order valence-corrected chi connectivity index (χ3v) is 4.61. The Labute approximate surface area is 162 Å². The Morgan fingerprint density at radius 2 is 1.68 bits per heavy atom. The lowest BCUT2D eigenvalue weighted by atomic mass is 9.87. The number of benzene rings is 2. The van der Waals surface area contributed by atoms with Crippen molar-refractivity contribution in [2.24, 2.45) is 0 Å². The van der Waals surface area contributed by atoms with E-state index in [0.29, 0.717) is 24.8 Å². The zero-order valence-corrected chi connectivity index (χ0v) is 16.4. The topological polar surface area (TPSA) is 52.4 Å². The fraction of sp³-hybridized carbons (Fsp3) is 0.429. The van der Waals surface area contributed by atoms with Gasteiger partial charge in [-0.05, 0) is 48.6 Å². The second kappa shape index (κ2) is 8.63. The number of hydrogen-bond donors (Lipinski definition) is 0. The largest absolute Gasteiger partial charge is 0.497 e. The van der Waals surface area contributed by atoms with Crippen LogP contribution in [0.4, 0.5) is 18.9 Å². The van der Waals surface area contributed by atoms with Crippen LogP contribution in [0.3, 0.4) is 0 Å². The molecule has 0 aliphatic carbocycles. The van der Waals surface area contributed by atoms with Crippen molar-refractivity contribution >= 4 is 5.69 Å². The van der Waals surface area contributed by atoms with Crippen molar-refractivity contribution in [1.29, 1.82) is 0 Å². The first-order valence-corrected chi connectivity index (χ1v) is 9.20. The van der Waals surface area contributed by atoms with Gasteiger partial charge in [0.1, 0.15) is 5.75 Å². The number of nitrogens with zero attached hydrogens (tertiary/aromatic N) is 1. The number of nitro benzene ring substituents is 1. The molecule has 0 aromatic heterocycles. The molecule has 0 saturated carbocycles. The monoisotopic (exact) mass is 395 g/mol. The second-order valence-electron chi connectivity index (χ2n) is 6.77. The minimum absolute atomic E-state index is 0.0548. The Balaban J connectivity index is 2.95. The van der Waals surface area contributed by atoms with E-state index in [1.165, 1.54) is 26.2 Å². The van der Waals surface area contributed by atoms with Crippen LogP contribution in [0.2, 0.25) is 0 Å². The highest BCUT2D eigenvalue weighted by Gasteiger charge is 2.37. The highest BCUT2D eigenvalue weighted by atomic mass is 19.4. The zero-order chi connectivity index (χ0) is 21.1. The van der Waals surface area contributed by atoms with E-state index in [-0.39, 0.29) is 28.1 Å². The predicted octanol–water partition coefficient (Wildman–Crippen LogP) is 6.50. The number of ether oxygens (including phenoxy) is 1. The van der Waals surface area contributed by atoms with Gasteiger partial charge in [0, 0.05) is 11.6 Å². The molecule has 152 valence electrons. The number of methoxy groups -OCH3 is 1. The standard InChI is InChI=1S/C21H24F3NO3/c1-5-7-14-10-15(8-6-2)20(18(11-14)25(26)27)19-13(3)9-16(28-4)12-17(19)21(22,23)24/h9-12H,5-8H2,1-4H3. The molecule has 0 unspecified atom stereocenters. The third kappa shape index (κ3) is 4.46. The number of aryl methyl sites for hydroxylation is 3. The van der Waals surface area contributed by atoms with Crippen LogP contribution in [-0.2, 0) is 19.0 Å². The molecule has 0 atom stereocenters. The Kier molecular flexibility index (Phi) is 6.69. The summed E-state index contributed by atoms with van der Waals surface area (Å²) >= 11 is 0. The number of halogens is 3. The van der Waals surface area contributed by atoms with Gasteiger partial charge in [0.15, 0.2) is 0 Å². The maximum absolute atomic E-state index is 13.9. The first-order chi connectivity index (χ1) is 13.1. The van der Waals surface area contributed by atoms with E-state index in [0.717, 1.165) is 18.1 Å². The van der Waals surface area contributed by atoms with Crippen LogP contribution < -0.4 is 4.74 Å². The maximum atomic E-state index is 13.9. The molecule has 0 aliphatic rings. The van der Waals surface area contributed by atoms with Crippen LogP contribution in [0.15, 0.2) is 24.3 Å². The van der Waals surface area contributed by atoms with Gasteiger partial charge in [0.25, 0.3) is 5.69 Å². The highest BCUT2D eigenvalue weighted by Crippen LogP contribution is 2.46. The van der Waals surface area contributed by atoms with Gasteiger partial charge in [-0.1, -0.05) is 32.8 Å². The lowest BCUT2D eigenvalue weighted by Gasteiger charge is -2.20. The lowest BCUT2D eigenvalue weighted by molar-refractivity contribution is -0.384. The summed E-state index contributed by atoms with van der Waals surface area (Å²) in [5.74, 6) is 0.0656. The molecule has 2 rings (SSSR count). The molecule has 2 aromatic carbocycles. The smallest absolute Gasteiger partial charge is 0.417 e. The average Bonchev–Trinajstić information content (AvgIpc) is 2.61. The van der Waals surface area contributed by atoms with Crippen LogP contribution in [0.1, 0.15) is 48.9 Å². The third-order valence-electron chi connectivity index (χ3n) is 4.61.